The molecule has 2 heterocycles. The van der Waals surface area contributed by atoms with E-state index in [0.29, 0.717) is 25.2 Å². The molecule has 2 atom stereocenters. The topological polar surface area (TPSA) is 75.7 Å². The van der Waals surface area contributed by atoms with E-state index in [1.807, 2.05) is 31.4 Å². The number of carbonyl (C=O) groups excluding carboxylic acids is 1. The lowest BCUT2D eigenvalue weighted by molar-refractivity contribution is -0.0440. The van der Waals surface area contributed by atoms with Gasteiger partial charge in [-0.15, -0.1) is 11.3 Å². The van der Waals surface area contributed by atoms with E-state index in [9.17, 15) is 13.2 Å². The SMILES string of the molecule is CC1CN(S(=O)(=O)c2cccc(C(=O)NCc3cccs3)c2)CC(C)O1. The summed E-state index contributed by atoms with van der Waals surface area (Å²) in [6.07, 6.45) is -0.323. The van der Waals surface area contributed by atoms with Crippen LogP contribution in [0.5, 0.6) is 0 Å². The molecule has 140 valence electrons. The van der Waals surface area contributed by atoms with Gasteiger partial charge in [0.05, 0.1) is 23.6 Å². The van der Waals surface area contributed by atoms with Crippen molar-refractivity contribution in [1.29, 1.82) is 0 Å². The van der Waals surface area contributed by atoms with Gasteiger partial charge in [-0.3, -0.25) is 4.79 Å². The summed E-state index contributed by atoms with van der Waals surface area (Å²) in [5.74, 6) is -0.292. The van der Waals surface area contributed by atoms with Crippen LogP contribution in [0.4, 0.5) is 0 Å². The predicted octanol–water partition coefficient (Wildman–Crippen LogP) is 2.48. The molecule has 6 nitrogen and oxygen atoms in total. The van der Waals surface area contributed by atoms with Gasteiger partial charge < -0.3 is 10.1 Å². The third kappa shape index (κ3) is 4.32. The van der Waals surface area contributed by atoms with Crippen molar-refractivity contribution in [3.8, 4) is 0 Å². The van der Waals surface area contributed by atoms with Gasteiger partial charge in [-0.2, -0.15) is 4.31 Å². The van der Waals surface area contributed by atoms with Crippen LogP contribution in [0.15, 0.2) is 46.7 Å². The zero-order chi connectivity index (χ0) is 18.7. The van der Waals surface area contributed by atoms with Gasteiger partial charge in [0.2, 0.25) is 10.0 Å². The summed E-state index contributed by atoms with van der Waals surface area (Å²) in [6, 6.07) is 10.0. The van der Waals surface area contributed by atoms with E-state index in [0.717, 1.165) is 4.88 Å². The Kier molecular flexibility index (Phi) is 5.76. The van der Waals surface area contributed by atoms with E-state index in [-0.39, 0.29) is 23.0 Å². The standard InChI is InChI=1S/C18H22N2O4S2/c1-13-11-20(12-14(2)24-13)26(22,23)17-7-3-5-15(9-17)18(21)19-10-16-6-4-8-25-16/h3-9,13-14H,10-12H2,1-2H3,(H,19,21). The second-order valence-electron chi connectivity index (χ2n) is 6.37. The molecule has 0 aliphatic carbocycles. The van der Waals surface area contributed by atoms with Crippen molar-refractivity contribution in [3.63, 3.8) is 0 Å². The van der Waals surface area contributed by atoms with Crippen molar-refractivity contribution < 1.29 is 17.9 Å². The van der Waals surface area contributed by atoms with Crippen LogP contribution in [0, 0.1) is 0 Å². The zero-order valence-corrected chi connectivity index (χ0v) is 16.3. The second kappa shape index (κ2) is 7.87. The third-order valence-electron chi connectivity index (χ3n) is 4.12. The minimum Gasteiger partial charge on any atom is -0.373 e. The number of nitrogens with zero attached hydrogens (tertiary/aromatic N) is 1. The van der Waals surface area contributed by atoms with E-state index in [2.05, 4.69) is 5.32 Å². The van der Waals surface area contributed by atoms with E-state index in [1.54, 1.807) is 23.5 Å². The van der Waals surface area contributed by atoms with Gasteiger partial charge in [0.15, 0.2) is 0 Å². The minimum atomic E-state index is -3.67. The number of ether oxygens (including phenoxy) is 1. The van der Waals surface area contributed by atoms with Crippen LogP contribution in [-0.2, 0) is 21.3 Å². The largest absolute Gasteiger partial charge is 0.373 e. The number of sulfonamides is 1. The Balaban J connectivity index is 1.76. The van der Waals surface area contributed by atoms with Gasteiger partial charge in [-0.05, 0) is 43.5 Å². The highest BCUT2D eigenvalue weighted by Gasteiger charge is 2.32. The average Bonchev–Trinajstić information content (AvgIpc) is 3.12. The number of hydrogen-bond acceptors (Lipinski definition) is 5. The second-order valence-corrected chi connectivity index (χ2v) is 9.34. The summed E-state index contributed by atoms with van der Waals surface area (Å²) in [4.78, 5) is 13.5. The maximum atomic E-state index is 12.9. The normalized spacial score (nSPS) is 21.5. The van der Waals surface area contributed by atoms with Gasteiger partial charge in [0.25, 0.3) is 5.91 Å². The molecule has 1 fully saturated rings. The number of hydrogen-bond donors (Lipinski definition) is 1. The Morgan fingerprint density at radius 1 is 1.23 bits per heavy atom. The molecule has 1 N–H and O–H groups in total. The van der Waals surface area contributed by atoms with Crippen molar-refractivity contribution in [1.82, 2.24) is 9.62 Å². The van der Waals surface area contributed by atoms with Gasteiger partial charge in [0, 0.05) is 23.5 Å². The molecule has 1 amide bonds. The fourth-order valence-corrected chi connectivity index (χ4v) is 5.24. The summed E-state index contributed by atoms with van der Waals surface area (Å²) < 4.78 is 32.9. The van der Waals surface area contributed by atoms with Gasteiger partial charge in [0.1, 0.15) is 0 Å². The molecule has 8 heteroatoms. The molecule has 26 heavy (non-hydrogen) atoms. The first-order chi connectivity index (χ1) is 12.4. The average molecular weight is 395 g/mol. The van der Waals surface area contributed by atoms with E-state index in [4.69, 9.17) is 4.74 Å². The molecule has 0 bridgehead atoms. The highest BCUT2D eigenvalue weighted by molar-refractivity contribution is 7.89. The Bertz CT molecular complexity index is 855. The number of nitrogens with one attached hydrogen (secondary N) is 1. The van der Waals surface area contributed by atoms with Crippen molar-refractivity contribution in [3.05, 3.63) is 52.2 Å². The maximum Gasteiger partial charge on any atom is 0.251 e. The molecule has 0 saturated carbocycles. The van der Waals surface area contributed by atoms with Crippen LogP contribution in [-0.4, -0.2) is 43.9 Å². The molecule has 1 saturated heterocycles. The van der Waals surface area contributed by atoms with E-state index < -0.39 is 10.0 Å². The number of morpholine rings is 1. The first-order valence-electron chi connectivity index (χ1n) is 8.42. The van der Waals surface area contributed by atoms with Crippen LogP contribution < -0.4 is 5.32 Å². The lowest BCUT2D eigenvalue weighted by Crippen LogP contribution is -2.48. The smallest absolute Gasteiger partial charge is 0.251 e. The molecule has 1 aromatic heterocycles. The van der Waals surface area contributed by atoms with Crippen LogP contribution >= 0.6 is 11.3 Å². The number of rotatable bonds is 5. The molecule has 2 aromatic rings. The Hall–Kier alpha value is -1.74. The van der Waals surface area contributed by atoms with E-state index >= 15 is 0 Å². The molecule has 1 aliphatic rings. The summed E-state index contributed by atoms with van der Waals surface area (Å²) >= 11 is 1.56. The molecule has 1 aromatic carbocycles. The Labute approximate surface area is 157 Å². The van der Waals surface area contributed by atoms with Crippen LogP contribution in [0.25, 0.3) is 0 Å². The molecule has 3 rings (SSSR count). The minimum absolute atomic E-state index is 0.127. The highest BCUT2D eigenvalue weighted by Crippen LogP contribution is 2.22. The molecular formula is C18H22N2O4S2. The van der Waals surface area contributed by atoms with Crippen molar-refractivity contribution in [2.75, 3.05) is 13.1 Å². The predicted molar refractivity (Wildman–Crippen MR) is 101 cm³/mol. The fraction of sp³-hybridized carbons (Fsp3) is 0.389. The van der Waals surface area contributed by atoms with Crippen LogP contribution in [0.2, 0.25) is 0 Å². The molecule has 1 aliphatic heterocycles. The monoisotopic (exact) mass is 394 g/mol. The molecule has 0 spiro atoms. The van der Waals surface area contributed by atoms with Crippen LogP contribution in [0.1, 0.15) is 29.1 Å². The maximum absolute atomic E-state index is 12.9. The zero-order valence-electron chi connectivity index (χ0n) is 14.7. The van der Waals surface area contributed by atoms with Crippen molar-refractivity contribution in [2.45, 2.75) is 37.5 Å². The Morgan fingerprint density at radius 3 is 2.62 bits per heavy atom. The molecular weight excluding hydrogens is 372 g/mol. The quantitative estimate of drug-likeness (QED) is 0.845. The first-order valence-corrected chi connectivity index (χ1v) is 10.7. The van der Waals surface area contributed by atoms with Gasteiger partial charge >= 0.3 is 0 Å². The molecule has 2 unspecified atom stereocenters. The number of thiophene rings is 1. The Morgan fingerprint density at radius 2 is 1.96 bits per heavy atom. The number of benzene rings is 1. The fourth-order valence-electron chi connectivity index (χ4n) is 2.96. The first kappa shape index (κ1) is 19.0. The number of amides is 1. The summed E-state index contributed by atoms with van der Waals surface area (Å²) in [6.45, 7) is 4.74. The lowest BCUT2D eigenvalue weighted by Gasteiger charge is -2.34. The summed E-state index contributed by atoms with van der Waals surface area (Å²) in [5, 5.41) is 4.76. The van der Waals surface area contributed by atoms with Gasteiger partial charge in [-0.1, -0.05) is 12.1 Å². The summed E-state index contributed by atoms with van der Waals surface area (Å²) in [5.41, 5.74) is 0.331. The van der Waals surface area contributed by atoms with Crippen LogP contribution in [0.3, 0.4) is 0 Å². The van der Waals surface area contributed by atoms with E-state index in [1.165, 1.54) is 16.4 Å². The van der Waals surface area contributed by atoms with Crippen molar-refractivity contribution >= 4 is 27.3 Å². The number of carbonyl (C=O) groups is 1. The highest BCUT2D eigenvalue weighted by atomic mass is 32.2. The lowest BCUT2D eigenvalue weighted by atomic mass is 10.2. The van der Waals surface area contributed by atoms with Gasteiger partial charge in [-0.25, -0.2) is 8.42 Å². The summed E-state index contributed by atoms with van der Waals surface area (Å²) in [7, 11) is -3.67. The van der Waals surface area contributed by atoms with Crippen molar-refractivity contribution in [2.24, 2.45) is 0 Å². The third-order valence-corrected chi connectivity index (χ3v) is 6.83. The molecule has 0 radical (unpaired) electrons.